The molecule has 12 heavy (non-hydrogen) atoms. The van der Waals surface area contributed by atoms with Crippen molar-refractivity contribution in [2.45, 2.75) is 0 Å². The number of hydrogen-bond donors (Lipinski definition) is 1. The zero-order valence-electron chi connectivity index (χ0n) is 6.04. The van der Waals surface area contributed by atoms with E-state index in [1.54, 1.807) is 6.20 Å². The maximum atomic E-state index is 10.3. The summed E-state index contributed by atoms with van der Waals surface area (Å²) >= 11 is 3.32. The quantitative estimate of drug-likeness (QED) is 0.743. The number of benzene rings is 1. The van der Waals surface area contributed by atoms with Crippen LogP contribution in [0.25, 0.3) is 10.9 Å². The molecule has 0 bridgehead atoms. The second kappa shape index (κ2) is 2.71. The van der Waals surface area contributed by atoms with Gasteiger partial charge >= 0.3 is 0 Å². The Kier molecular flexibility index (Phi) is 1.69. The van der Waals surface area contributed by atoms with Crippen LogP contribution < -0.4 is 0 Å². The summed E-state index contributed by atoms with van der Waals surface area (Å²) in [5, 5.41) is 3.74. The van der Waals surface area contributed by atoms with Gasteiger partial charge in [-0.05, 0) is 23.4 Å². The van der Waals surface area contributed by atoms with Crippen molar-refractivity contribution < 1.29 is 0 Å². The van der Waals surface area contributed by atoms with Gasteiger partial charge in [-0.25, -0.2) is 0 Å². The van der Waals surface area contributed by atoms with E-state index in [1.165, 1.54) is 0 Å². The van der Waals surface area contributed by atoms with Crippen molar-refractivity contribution in [3.8, 4) is 0 Å². The molecule has 60 valence electrons. The van der Waals surface area contributed by atoms with Crippen LogP contribution in [-0.4, -0.2) is 4.98 Å². The number of hydrogen-bond acceptors (Lipinski definition) is 2. The molecule has 0 aliphatic rings. The molecule has 0 aliphatic carbocycles. The monoisotopic (exact) mass is 224 g/mol. The van der Waals surface area contributed by atoms with E-state index >= 15 is 0 Å². The molecule has 0 unspecified atom stereocenters. The third-order valence-electron chi connectivity index (χ3n) is 1.72. The minimum Gasteiger partial charge on any atom is -0.359 e. The van der Waals surface area contributed by atoms with Crippen molar-refractivity contribution in [3.05, 3.63) is 33.8 Å². The highest BCUT2D eigenvalue weighted by Gasteiger charge is 2.02. The first-order chi connectivity index (χ1) is 5.81. The van der Waals surface area contributed by atoms with Gasteiger partial charge in [0.05, 0.1) is 0 Å². The molecular formula is C8H5BrN2O. The van der Waals surface area contributed by atoms with Crippen molar-refractivity contribution in [2.24, 2.45) is 5.18 Å². The molecule has 0 aliphatic heterocycles. The number of H-pyrrole nitrogens is 1. The van der Waals surface area contributed by atoms with Gasteiger partial charge in [0.2, 0.25) is 0 Å². The number of aromatic amines is 1. The predicted octanol–water partition coefficient (Wildman–Crippen LogP) is 3.33. The van der Waals surface area contributed by atoms with Gasteiger partial charge in [-0.15, -0.1) is 4.91 Å². The molecular weight excluding hydrogens is 220 g/mol. The largest absolute Gasteiger partial charge is 0.359 e. The summed E-state index contributed by atoms with van der Waals surface area (Å²) in [6, 6.07) is 5.67. The molecule has 0 spiro atoms. The van der Waals surface area contributed by atoms with Gasteiger partial charge in [0.15, 0.2) is 0 Å². The molecule has 0 saturated carbocycles. The number of fused-ring (bicyclic) bond motifs is 1. The van der Waals surface area contributed by atoms with Gasteiger partial charge in [-0.3, -0.25) is 0 Å². The topological polar surface area (TPSA) is 45.2 Å². The summed E-state index contributed by atoms with van der Waals surface area (Å²) < 4.78 is 0.944. The fraction of sp³-hybridized carbons (Fsp3) is 0. The van der Waals surface area contributed by atoms with E-state index in [0.717, 1.165) is 15.4 Å². The third-order valence-corrected chi connectivity index (χ3v) is 2.21. The summed E-state index contributed by atoms with van der Waals surface area (Å²) in [5.41, 5.74) is 1.37. The van der Waals surface area contributed by atoms with Crippen LogP contribution in [0, 0.1) is 4.91 Å². The van der Waals surface area contributed by atoms with Crippen LogP contribution in [0.1, 0.15) is 0 Å². The summed E-state index contributed by atoms with van der Waals surface area (Å²) in [6.07, 6.45) is 1.60. The number of nitrogens with zero attached hydrogens (tertiary/aromatic N) is 1. The van der Waals surface area contributed by atoms with Crippen molar-refractivity contribution in [2.75, 3.05) is 0 Å². The molecule has 0 atom stereocenters. The van der Waals surface area contributed by atoms with E-state index in [0.29, 0.717) is 5.69 Å². The van der Waals surface area contributed by atoms with E-state index in [1.807, 2.05) is 18.2 Å². The van der Waals surface area contributed by atoms with Crippen LogP contribution in [0.5, 0.6) is 0 Å². The molecule has 2 aromatic rings. The smallest absolute Gasteiger partial charge is 0.133 e. The van der Waals surface area contributed by atoms with Crippen LogP contribution >= 0.6 is 15.9 Å². The van der Waals surface area contributed by atoms with Crippen molar-refractivity contribution in [1.29, 1.82) is 0 Å². The average Bonchev–Trinajstić information content (AvgIpc) is 2.46. The van der Waals surface area contributed by atoms with Gasteiger partial charge < -0.3 is 4.98 Å². The third kappa shape index (κ3) is 1.04. The highest BCUT2D eigenvalue weighted by atomic mass is 79.9. The number of rotatable bonds is 1. The van der Waals surface area contributed by atoms with Crippen molar-refractivity contribution in [1.82, 2.24) is 4.98 Å². The molecule has 4 heteroatoms. The predicted molar refractivity (Wildman–Crippen MR) is 51.5 cm³/mol. The molecule has 1 aromatic carbocycles. The Morgan fingerprint density at radius 1 is 1.42 bits per heavy atom. The van der Waals surface area contributed by atoms with Gasteiger partial charge in [0, 0.05) is 21.6 Å². The first-order valence-corrected chi connectivity index (χ1v) is 4.20. The normalized spacial score (nSPS) is 10.4. The lowest BCUT2D eigenvalue weighted by atomic mass is 10.2. The minimum absolute atomic E-state index is 0.450. The van der Waals surface area contributed by atoms with E-state index in [4.69, 9.17) is 0 Å². The lowest BCUT2D eigenvalue weighted by Gasteiger charge is -1.90. The zero-order valence-corrected chi connectivity index (χ0v) is 7.63. The fourth-order valence-electron chi connectivity index (χ4n) is 1.15. The van der Waals surface area contributed by atoms with Crippen LogP contribution in [-0.2, 0) is 0 Å². The lowest BCUT2D eigenvalue weighted by Crippen LogP contribution is -1.66. The van der Waals surface area contributed by atoms with Crippen LogP contribution in [0.3, 0.4) is 0 Å². The standard InChI is InChI=1S/C8H5BrN2O/c9-5-1-2-7-6(3-5)8(11-12)4-10-7/h1-4,10H. The van der Waals surface area contributed by atoms with Crippen LogP contribution in [0.15, 0.2) is 34.0 Å². The van der Waals surface area contributed by atoms with Crippen LogP contribution in [0.4, 0.5) is 5.69 Å². The van der Waals surface area contributed by atoms with Gasteiger partial charge in [0.1, 0.15) is 5.69 Å². The summed E-state index contributed by atoms with van der Waals surface area (Å²) in [4.78, 5) is 13.3. The van der Waals surface area contributed by atoms with E-state index in [-0.39, 0.29) is 0 Å². The van der Waals surface area contributed by atoms with E-state index in [9.17, 15) is 4.91 Å². The van der Waals surface area contributed by atoms with Crippen molar-refractivity contribution in [3.63, 3.8) is 0 Å². The second-order valence-corrected chi connectivity index (χ2v) is 3.37. The van der Waals surface area contributed by atoms with Crippen molar-refractivity contribution >= 4 is 32.5 Å². The molecule has 1 heterocycles. The Bertz CT molecular complexity index is 436. The van der Waals surface area contributed by atoms with E-state index < -0.39 is 0 Å². The van der Waals surface area contributed by atoms with E-state index in [2.05, 4.69) is 26.1 Å². The Morgan fingerprint density at radius 2 is 2.25 bits per heavy atom. The van der Waals surface area contributed by atoms with Gasteiger partial charge in [0.25, 0.3) is 0 Å². The number of halogens is 1. The molecule has 2 rings (SSSR count). The SMILES string of the molecule is O=Nc1c[nH]c2ccc(Br)cc12. The summed E-state index contributed by atoms with van der Waals surface area (Å²) in [7, 11) is 0. The molecule has 1 N–H and O–H groups in total. The van der Waals surface area contributed by atoms with Gasteiger partial charge in [-0.2, -0.15) is 0 Å². The Balaban J connectivity index is 2.83. The molecule has 0 fully saturated rings. The molecule has 0 saturated heterocycles. The molecule has 3 nitrogen and oxygen atoms in total. The van der Waals surface area contributed by atoms with Crippen LogP contribution in [0.2, 0.25) is 0 Å². The Labute approximate surface area is 76.9 Å². The zero-order chi connectivity index (χ0) is 8.55. The number of aromatic nitrogens is 1. The molecule has 0 radical (unpaired) electrons. The first kappa shape index (κ1) is 7.49. The first-order valence-electron chi connectivity index (χ1n) is 3.41. The van der Waals surface area contributed by atoms with Gasteiger partial charge in [-0.1, -0.05) is 15.9 Å². The molecule has 0 amide bonds. The average molecular weight is 225 g/mol. The minimum atomic E-state index is 0.450. The summed E-state index contributed by atoms with van der Waals surface area (Å²) in [6.45, 7) is 0. The highest BCUT2D eigenvalue weighted by molar-refractivity contribution is 9.10. The fourth-order valence-corrected chi connectivity index (χ4v) is 1.51. The second-order valence-electron chi connectivity index (χ2n) is 2.46. The lowest BCUT2D eigenvalue weighted by molar-refractivity contribution is 1.44. The highest BCUT2D eigenvalue weighted by Crippen LogP contribution is 2.27. The Hall–Kier alpha value is -1.16. The number of nitroso groups, excluding NO2 is 1. The Morgan fingerprint density at radius 3 is 3.00 bits per heavy atom. The summed E-state index contributed by atoms with van der Waals surface area (Å²) in [5.74, 6) is 0. The molecule has 1 aromatic heterocycles. The maximum absolute atomic E-state index is 10.3. The number of nitrogens with one attached hydrogen (secondary N) is 1. The maximum Gasteiger partial charge on any atom is 0.133 e.